The van der Waals surface area contributed by atoms with E-state index in [4.69, 9.17) is 23.2 Å². The number of rotatable bonds is 3. The highest BCUT2D eigenvalue weighted by molar-refractivity contribution is 6.35. The van der Waals surface area contributed by atoms with E-state index in [-0.39, 0.29) is 16.6 Å². The van der Waals surface area contributed by atoms with Crippen molar-refractivity contribution >= 4 is 23.2 Å². The van der Waals surface area contributed by atoms with E-state index in [1.165, 1.54) is 0 Å². The average molecular weight is 288 g/mol. The molecule has 4 heteroatoms. The molecule has 100 valence electrons. The van der Waals surface area contributed by atoms with Gasteiger partial charge in [-0.25, -0.2) is 0 Å². The van der Waals surface area contributed by atoms with Gasteiger partial charge in [0, 0.05) is 23.2 Å². The highest BCUT2D eigenvalue weighted by Crippen LogP contribution is 2.62. The fourth-order valence-electron chi connectivity index (χ4n) is 2.67. The van der Waals surface area contributed by atoms with Crippen molar-refractivity contribution in [3.63, 3.8) is 0 Å². The Morgan fingerprint density at radius 2 is 1.72 bits per heavy atom. The van der Waals surface area contributed by atoms with E-state index < -0.39 is 0 Å². The van der Waals surface area contributed by atoms with Crippen LogP contribution in [0.2, 0.25) is 10.0 Å². The van der Waals surface area contributed by atoms with Gasteiger partial charge in [-0.3, -0.25) is 0 Å². The maximum atomic E-state index is 9.88. The van der Waals surface area contributed by atoms with Gasteiger partial charge in [0.2, 0.25) is 0 Å². The predicted octanol–water partition coefficient (Wildman–Crippen LogP) is 4.22. The van der Waals surface area contributed by atoms with Crippen LogP contribution in [0.3, 0.4) is 0 Å². The van der Waals surface area contributed by atoms with Gasteiger partial charge in [0.05, 0.1) is 5.02 Å². The monoisotopic (exact) mass is 287 g/mol. The smallest absolute Gasteiger partial charge is 0.138 e. The largest absolute Gasteiger partial charge is 0.506 e. The van der Waals surface area contributed by atoms with E-state index in [2.05, 4.69) is 33.0 Å². The van der Waals surface area contributed by atoms with Gasteiger partial charge in [-0.05, 0) is 23.0 Å². The molecule has 2 N–H and O–H groups in total. The summed E-state index contributed by atoms with van der Waals surface area (Å²) in [6.45, 7) is 9.56. The molecule has 0 amide bonds. The molecule has 2 rings (SSSR count). The number of hydrogen-bond acceptors (Lipinski definition) is 2. The molecule has 1 saturated carbocycles. The lowest BCUT2D eigenvalue weighted by molar-refractivity contribution is 0.457. The van der Waals surface area contributed by atoms with E-state index in [1.807, 2.05) is 0 Å². The number of halogens is 2. The van der Waals surface area contributed by atoms with Crippen LogP contribution in [0.4, 0.5) is 0 Å². The molecule has 1 aliphatic rings. The lowest BCUT2D eigenvalue weighted by Gasteiger charge is -2.10. The van der Waals surface area contributed by atoms with Crippen molar-refractivity contribution in [1.29, 1.82) is 0 Å². The van der Waals surface area contributed by atoms with Crippen molar-refractivity contribution < 1.29 is 5.11 Å². The molecule has 1 fully saturated rings. The van der Waals surface area contributed by atoms with Crippen molar-refractivity contribution in [2.75, 3.05) is 0 Å². The van der Waals surface area contributed by atoms with E-state index in [9.17, 15) is 5.11 Å². The second-order valence-electron chi connectivity index (χ2n) is 6.15. The minimum atomic E-state index is 0.116. The molecule has 0 aliphatic heterocycles. The van der Waals surface area contributed by atoms with E-state index >= 15 is 0 Å². The lowest BCUT2D eigenvalue weighted by Crippen LogP contribution is -2.21. The van der Waals surface area contributed by atoms with Crippen LogP contribution in [-0.2, 0) is 6.54 Å². The van der Waals surface area contributed by atoms with Gasteiger partial charge < -0.3 is 10.4 Å². The molecule has 18 heavy (non-hydrogen) atoms. The zero-order chi connectivity index (χ0) is 13.7. The Labute approximate surface area is 118 Å². The number of aromatic hydroxyl groups is 1. The van der Waals surface area contributed by atoms with Gasteiger partial charge in [-0.2, -0.15) is 0 Å². The molecule has 1 aromatic rings. The van der Waals surface area contributed by atoms with Gasteiger partial charge in [0.1, 0.15) is 5.75 Å². The molecule has 0 radical (unpaired) electrons. The zero-order valence-electron chi connectivity index (χ0n) is 11.1. The second-order valence-corrected chi connectivity index (χ2v) is 7.00. The van der Waals surface area contributed by atoms with Crippen molar-refractivity contribution in [2.24, 2.45) is 10.8 Å². The maximum Gasteiger partial charge on any atom is 0.138 e. The fraction of sp³-hybridized carbons (Fsp3) is 0.571. The first-order valence-electron chi connectivity index (χ1n) is 6.08. The van der Waals surface area contributed by atoms with Crippen molar-refractivity contribution in [2.45, 2.75) is 40.3 Å². The molecular weight excluding hydrogens is 269 g/mol. The lowest BCUT2D eigenvalue weighted by atomic mass is 10.0. The van der Waals surface area contributed by atoms with Crippen LogP contribution in [0.25, 0.3) is 0 Å². The Bertz CT molecular complexity index is 469. The number of phenolic OH excluding ortho intramolecular Hbond substituents is 1. The molecule has 0 aromatic heterocycles. The molecule has 0 atom stereocenters. The molecule has 0 heterocycles. The molecule has 0 bridgehead atoms. The summed E-state index contributed by atoms with van der Waals surface area (Å²) in [5.41, 5.74) is 1.28. The zero-order valence-corrected chi connectivity index (χ0v) is 12.7. The predicted molar refractivity (Wildman–Crippen MR) is 76.3 cm³/mol. The summed E-state index contributed by atoms with van der Waals surface area (Å²) in [7, 11) is 0. The summed E-state index contributed by atoms with van der Waals surface area (Å²) in [5.74, 6) is 0.116. The van der Waals surface area contributed by atoms with E-state index in [0.29, 0.717) is 22.6 Å². The highest BCUT2D eigenvalue weighted by Gasteiger charge is 2.64. The third-order valence-electron chi connectivity index (χ3n) is 4.62. The van der Waals surface area contributed by atoms with Crippen LogP contribution >= 0.6 is 23.2 Å². The number of phenols is 1. The van der Waals surface area contributed by atoms with Crippen molar-refractivity contribution in [1.82, 2.24) is 5.32 Å². The second kappa shape index (κ2) is 4.29. The Morgan fingerprint density at radius 1 is 1.17 bits per heavy atom. The molecule has 0 saturated heterocycles. The van der Waals surface area contributed by atoms with Crippen LogP contribution in [0.5, 0.6) is 5.75 Å². The normalized spacial score (nSPS) is 21.0. The van der Waals surface area contributed by atoms with Crippen LogP contribution < -0.4 is 5.32 Å². The molecule has 1 aliphatic carbocycles. The first kappa shape index (κ1) is 14.0. The third kappa shape index (κ3) is 2.11. The average Bonchev–Trinajstić information content (AvgIpc) is 2.62. The Balaban J connectivity index is 2.09. The fourth-order valence-corrected chi connectivity index (χ4v) is 3.21. The standard InChI is InChI=1S/C14H19Cl2NO/c1-13(2)12(14(13,3)4)17-7-8-5-9(15)6-10(16)11(8)18/h5-6,12,17-18H,7H2,1-4H3. The molecule has 0 spiro atoms. The molecular formula is C14H19Cl2NO. The minimum absolute atomic E-state index is 0.116. The number of nitrogens with one attached hydrogen (secondary N) is 1. The first-order valence-corrected chi connectivity index (χ1v) is 6.84. The Kier molecular flexibility index (Phi) is 3.33. The number of hydrogen-bond donors (Lipinski definition) is 2. The third-order valence-corrected chi connectivity index (χ3v) is 5.13. The van der Waals surface area contributed by atoms with Gasteiger partial charge in [0.25, 0.3) is 0 Å². The molecule has 2 nitrogen and oxygen atoms in total. The van der Waals surface area contributed by atoms with Crippen LogP contribution in [-0.4, -0.2) is 11.1 Å². The summed E-state index contributed by atoms with van der Waals surface area (Å²) in [5, 5.41) is 14.2. The quantitative estimate of drug-likeness (QED) is 0.872. The maximum absolute atomic E-state index is 9.88. The summed E-state index contributed by atoms with van der Waals surface area (Å²) in [6.07, 6.45) is 0. The Hall–Kier alpha value is -0.440. The van der Waals surface area contributed by atoms with Crippen LogP contribution in [0.15, 0.2) is 12.1 Å². The SMILES string of the molecule is CC1(C)C(NCc2cc(Cl)cc(Cl)c2O)C1(C)C. The Morgan fingerprint density at radius 3 is 2.22 bits per heavy atom. The van der Waals surface area contributed by atoms with Crippen molar-refractivity contribution in [3.05, 3.63) is 27.7 Å². The number of benzene rings is 1. The van der Waals surface area contributed by atoms with Gasteiger partial charge in [-0.15, -0.1) is 0 Å². The summed E-state index contributed by atoms with van der Waals surface area (Å²) < 4.78 is 0. The summed E-state index contributed by atoms with van der Waals surface area (Å²) >= 11 is 11.8. The minimum Gasteiger partial charge on any atom is -0.506 e. The van der Waals surface area contributed by atoms with Crippen LogP contribution in [0.1, 0.15) is 33.3 Å². The van der Waals surface area contributed by atoms with Crippen LogP contribution in [0, 0.1) is 10.8 Å². The summed E-state index contributed by atoms with van der Waals surface area (Å²) in [4.78, 5) is 0. The van der Waals surface area contributed by atoms with E-state index in [0.717, 1.165) is 5.56 Å². The summed E-state index contributed by atoms with van der Waals surface area (Å²) in [6, 6.07) is 3.73. The van der Waals surface area contributed by atoms with E-state index in [1.54, 1.807) is 12.1 Å². The molecule has 1 aromatic carbocycles. The van der Waals surface area contributed by atoms with Gasteiger partial charge >= 0.3 is 0 Å². The van der Waals surface area contributed by atoms with Gasteiger partial charge in [0.15, 0.2) is 0 Å². The topological polar surface area (TPSA) is 32.3 Å². The molecule has 0 unspecified atom stereocenters. The van der Waals surface area contributed by atoms with Gasteiger partial charge in [-0.1, -0.05) is 50.9 Å². The van der Waals surface area contributed by atoms with Crippen molar-refractivity contribution in [3.8, 4) is 5.75 Å². The highest BCUT2D eigenvalue weighted by atomic mass is 35.5. The first-order chi connectivity index (χ1) is 8.18.